The predicted octanol–water partition coefficient (Wildman–Crippen LogP) is 4.55. The molecule has 0 aliphatic heterocycles. The van der Waals surface area contributed by atoms with Crippen LogP contribution in [0.2, 0.25) is 5.02 Å². The van der Waals surface area contributed by atoms with Gasteiger partial charge in [0, 0.05) is 18.3 Å². The Hall–Kier alpha value is -2.69. The second-order valence-corrected chi connectivity index (χ2v) is 9.64. The van der Waals surface area contributed by atoms with Crippen LogP contribution in [0, 0.1) is 16.0 Å². The number of aromatic nitrogens is 1. The van der Waals surface area contributed by atoms with Crippen LogP contribution in [0.4, 0.5) is 18.9 Å². The molecule has 0 bridgehead atoms. The van der Waals surface area contributed by atoms with E-state index in [-0.39, 0.29) is 5.75 Å². The minimum Gasteiger partial charge on any atom is -0.469 e. The Morgan fingerprint density at radius 3 is 2.44 bits per heavy atom. The van der Waals surface area contributed by atoms with Gasteiger partial charge in [-0.15, -0.1) is 0 Å². The van der Waals surface area contributed by atoms with Gasteiger partial charge in [0.2, 0.25) is 13.2 Å². The van der Waals surface area contributed by atoms with Gasteiger partial charge < -0.3 is 14.4 Å². The molecule has 0 spiro atoms. The molecule has 174 valence electrons. The van der Waals surface area contributed by atoms with E-state index in [0.717, 1.165) is 25.3 Å². The molecule has 1 N–H and O–H groups in total. The summed E-state index contributed by atoms with van der Waals surface area (Å²) in [6.07, 6.45) is -4.21. The molecule has 2 aromatic rings. The number of carbonyl (C=O) groups excluding carboxylic acids is 1. The summed E-state index contributed by atoms with van der Waals surface area (Å²) in [4.78, 5) is 36.5. The third-order valence-electron chi connectivity index (χ3n) is 4.69. The quantitative estimate of drug-likeness (QED) is 0.256. The average Bonchev–Trinajstić information content (AvgIpc) is 2.72. The lowest BCUT2D eigenvalue weighted by Crippen LogP contribution is -2.28. The summed E-state index contributed by atoms with van der Waals surface area (Å²) in [7, 11) is -3.46. The van der Waals surface area contributed by atoms with Crippen LogP contribution < -0.4 is 10.0 Å². The normalized spacial score (nSPS) is 15.4. The fourth-order valence-corrected chi connectivity index (χ4v) is 4.82. The number of nitro benzene ring substituents is 1. The zero-order valence-electron chi connectivity index (χ0n) is 16.8. The standard InChI is InChI=1S/C18H17ClF3N2O7P/c1-9(17(25)30-3)10(2)32(28,29)15-7-12(4-5-14(15)24(26)27)31-16-13(19)6-11(8-23-16)18(20,21)22/h4-10H,1-3H3,(H,28,29). The first kappa shape index (κ1) is 25.6. The highest BCUT2D eigenvalue weighted by molar-refractivity contribution is 7.67. The highest BCUT2D eigenvalue weighted by atomic mass is 35.5. The molecule has 0 fully saturated rings. The molecule has 0 amide bonds. The van der Waals surface area contributed by atoms with Gasteiger partial charge in [0.15, 0.2) is 0 Å². The van der Waals surface area contributed by atoms with Gasteiger partial charge in [0.1, 0.15) is 16.1 Å². The van der Waals surface area contributed by atoms with Crippen LogP contribution >= 0.6 is 19.0 Å². The number of methoxy groups -OCH3 is 1. The minimum atomic E-state index is -4.69. The van der Waals surface area contributed by atoms with Crippen molar-refractivity contribution in [1.29, 1.82) is 0 Å². The van der Waals surface area contributed by atoms with Crippen LogP contribution in [0.3, 0.4) is 0 Å². The lowest BCUT2D eigenvalue weighted by atomic mass is 10.1. The van der Waals surface area contributed by atoms with E-state index in [2.05, 4.69) is 9.72 Å². The van der Waals surface area contributed by atoms with Gasteiger partial charge in [-0.25, -0.2) is 4.98 Å². The van der Waals surface area contributed by atoms with Crippen molar-refractivity contribution in [2.45, 2.75) is 25.7 Å². The molecule has 1 aromatic heterocycles. The maximum absolute atomic E-state index is 13.2. The smallest absolute Gasteiger partial charge is 0.417 e. The van der Waals surface area contributed by atoms with Crippen molar-refractivity contribution in [3.63, 3.8) is 0 Å². The van der Waals surface area contributed by atoms with Gasteiger partial charge in [-0.05, 0) is 12.1 Å². The maximum Gasteiger partial charge on any atom is 0.417 e. The maximum atomic E-state index is 13.2. The first-order valence-corrected chi connectivity index (χ1v) is 10.9. The van der Waals surface area contributed by atoms with E-state index in [4.69, 9.17) is 16.3 Å². The van der Waals surface area contributed by atoms with Gasteiger partial charge in [0.05, 0.1) is 29.2 Å². The third kappa shape index (κ3) is 5.37. The fourth-order valence-electron chi connectivity index (χ4n) is 2.65. The summed E-state index contributed by atoms with van der Waals surface area (Å²) in [5.74, 6) is -2.57. The van der Waals surface area contributed by atoms with Crippen molar-refractivity contribution < 1.29 is 41.8 Å². The summed E-state index contributed by atoms with van der Waals surface area (Å²) >= 11 is 5.79. The molecule has 32 heavy (non-hydrogen) atoms. The lowest BCUT2D eigenvalue weighted by Gasteiger charge is -2.23. The number of carbonyl (C=O) groups is 1. The van der Waals surface area contributed by atoms with E-state index in [1.807, 2.05) is 0 Å². The average molecular weight is 497 g/mol. The van der Waals surface area contributed by atoms with E-state index in [9.17, 15) is 37.5 Å². The van der Waals surface area contributed by atoms with E-state index >= 15 is 0 Å². The Balaban J connectivity index is 2.50. The van der Waals surface area contributed by atoms with Crippen LogP contribution in [-0.4, -0.2) is 33.5 Å². The minimum absolute atomic E-state index is 0.244. The van der Waals surface area contributed by atoms with Crippen molar-refractivity contribution in [2.75, 3.05) is 7.11 Å². The topological polar surface area (TPSA) is 129 Å². The number of nitrogens with zero attached hydrogens (tertiary/aromatic N) is 2. The largest absolute Gasteiger partial charge is 0.469 e. The molecule has 0 saturated carbocycles. The van der Waals surface area contributed by atoms with E-state index in [1.165, 1.54) is 13.8 Å². The SMILES string of the molecule is COC(=O)C(C)C(C)P(=O)(O)c1cc(Oc2ncc(C(F)(F)F)cc2Cl)ccc1[N+](=O)[O-]. The van der Waals surface area contributed by atoms with E-state index in [1.54, 1.807) is 0 Å². The molecule has 1 heterocycles. The first-order chi connectivity index (χ1) is 14.7. The van der Waals surface area contributed by atoms with Gasteiger partial charge in [-0.3, -0.25) is 19.5 Å². The molecule has 3 atom stereocenters. The van der Waals surface area contributed by atoms with Crippen LogP contribution in [0.5, 0.6) is 11.6 Å². The van der Waals surface area contributed by atoms with Crippen LogP contribution in [0.15, 0.2) is 30.5 Å². The monoisotopic (exact) mass is 496 g/mol. The van der Waals surface area contributed by atoms with Gasteiger partial charge in [0.25, 0.3) is 5.69 Å². The molecule has 0 radical (unpaired) electrons. The Labute approximate surface area is 184 Å². The summed E-state index contributed by atoms with van der Waals surface area (Å²) in [5, 5.41) is 10.3. The summed E-state index contributed by atoms with van der Waals surface area (Å²) in [6.45, 7) is 2.59. The molecule has 0 saturated heterocycles. The molecule has 2 rings (SSSR count). The molecule has 14 heteroatoms. The third-order valence-corrected chi connectivity index (χ3v) is 7.56. The highest BCUT2D eigenvalue weighted by Crippen LogP contribution is 2.51. The summed E-state index contributed by atoms with van der Waals surface area (Å²) < 4.78 is 61.3. The van der Waals surface area contributed by atoms with Crippen LogP contribution in [0.25, 0.3) is 0 Å². The summed E-state index contributed by atoms with van der Waals surface area (Å²) in [5.41, 5.74) is -3.10. The Bertz CT molecular complexity index is 1100. The summed E-state index contributed by atoms with van der Waals surface area (Å²) in [6, 6.07) is 3.41. The molecule has 0 aliphatic rings. The first-order valence-electron chi connectivity index (χ1n) is 8.80. The Morgan fingerprint density at radius 2 is 1.94 bits per heavy atom. The molecule has 0 aliphatic carbocycles. The number of ether oxygens (including phenoxy) is 2. The van der Waals surface area contributed by atoms with Crippen molar-refractivity contribution >= 4 is 35.9 Å². The van der Waals surface area contributed by atoms with Crippen molar-refractivity contribution in [3.05, 3.63) is 51.2 Å². The van der Waals surface area contributed by atoms with Crippen LogP contribution in [0.1, 0.15) is 19.4 Å². The van der Waals surface area contributed by atoms with Crippen molar-refractivity contribution in [3.8, 4) is 11.6 Å². The van der Waals surface area contributed by atoms with E-state index < -0.39 is 63.5 Å². The molecular formula is C18H17ClF3N2O7P. The number of esters is 1. The van der Waals surface area contributed by atoms with Crippen molar-refractivity contribution in [1.82, 2.24) is 4.98 Å². The second kappa shape index (κ2) is 9.43. The van der Waals surface area contributed by atoms with Gasteiger partial charge >= 0.3 is 12.1 Å². The molecule has 3 unspecified atom stereocenters. The zero-order chi connectivity index (χ0) is 24.4. The number of halogens is 4. The van der Waals surface area contributed by atoms with E-state index in [0.29, 0.717) is 12.3 Å². The number of rotatable bonds is 7. The zero-order valence-corrected chi connectivity index (χ0v) is 18.4. The molecule has 1 aromatic carbocycles. The number of hydrogen-bond donors (Lipinski definition) is 1. The number of nitro groups is 1. The number of pyridine rings is 1. The Morgan fingerprint density at radius 1 is 1.31 bits per heavy atom. The highest BCUT2D eigenvalue weighted by Gasteiger charge is 2.41. The lowest BCUT2D eigenvalue weighted by molar-refractivity contribution is -0.383. The Kier molecular flexibility index (Phi) is 7.54. The number of alkyl halides is 3. The van der Waals surface area contributed by atoms with Gasteiger partial charge in [-0.1, -0.05) is 25.4 Å². The predicted molar refractivity (Wildman–Crippen MR) is 108 cm³/mol. The molecule has 9 nitrogen and oxygen atoms in total. The fraction of sp³-hybridized carbons (Fsp3) is 0.333. The van der Waals surface area contributed by atoms with Crippen molar-refractivity contribution in [2.24, 2.45) is 5.92 Å². The number of hydrogen-bond acceptors (Lipinski definition) is 7. The molecular weight excluding hydrogens is 480 g/mol. The van der Waals surface area contributed by atoms with Crippen LogP contribution in [-0.2, 0) is 20.3 Å². The van der Waals surface area contributed by atoms with Gasteiger partial charge in [-0.2, -0.15) is 13.2 Å². The number of benzene rings is 1. The second-order valence-electron chi connectivity index (χ2n) is 6.69.